The Hall–Kier alpha value is -1.60. The molecule has 0 unspecified atom stereocenters. The van der Waals surface area contributed by atoms with E-state index < -0.39 is 15.6 Å². The summed E-state index contributed by atoms with van der Waals surface area (Å²) < 4.78 is 33.5. The van der Waals surface area contributed by atoms with Crippen LogP contribution in [0.3, 0.4) is 0 Å². The predicted octanol–water partition coefficient (Wildman–Crippen LogP) is 2.78. The maximum atomic E-state index is 13.0. The number of ether oxygens (including phenoxy) is 1. The van der Waals surface area contributed by atoms with Gasteiger partial charge in [0.1, 0.15) is 11.4 Å². The van der Waals surface area contributed by atoms with Gasteiger partial charge in [0.25, 0.3) is 0 Å². The number of hydrogen-bond acceptors (Lipinski definition) is 4. The second-order valence-corrected chi connectivity index (χ2v) is 9.35. The van der Waals surface area contributed by atoms with Gasteiger partial charge in [0.05, 0.1) is 17.1 Å². The molecule has 1 fully saturated rings. The molecule has 1 amide bonds. The lowest BCUT2D eigenvalue weighted by Gasteiger charge is -2.39. The molecule has 0 saturated carbocycles. The summed E-state index contributed by atoms with van der Waals surface area (Å²) in [5.74, 6) is 0.420. The fraction of sp³-hybridized carbons (Fsp3) is 0.611. The first-order valence-electron chi connectivity index (χ1n) is 8.82. The van der Waals surface area contributed by atoms with Gasteiger partial charge in [0, 0.05) is 20.0 Å². The molecule has 0 spiro atoms. The molecule has 0 radical (unpaired) electrons. The van der Waals surface area contributed by atoms with Crippen LogP contribution in [0.15, 0.2) is 23.1 Å². The quantitative estimate of drug-likeness (QED) is 0.807. The van der Waals surface area contributed by atoms with Crippen LogP contribution in [0.2, 0.25) is 0 Å². The van der Waals surface area contributed by atoms with Gasteiger partial charge in [-0.05, 0) is 44.9 Å². The Balaban J connectivity index is 2.00. The van der Waals surface area contributed by atoms with Gasteiger partial charge >= 0.3 is 0 Å². The Morgan fingerprint density at radius 3 is 2.36 bits per heavy atom. The van der Waals surface area contributed by atoms with E-state index in [2.05, 4.69) is 0 Å². The van der Waals surface area contributed by atoms with Crippen molar-refractivity contribution < 1.29 is 17.9 Å². The average molecular weight is 366 g/mol. The number of fused-ring (bicyclic) bond motifs is 1. The van der Waals surface area contributed by atoms with Gasteiger partial charge in [-0.3, -0.25) is 4.79 Å². The van der Waals surface area contributed by atoms with Crippen LogP contribution in [0, 0.1) is 0 Å². The van der Waals surface area contributed by atoms with Crippen molar-refractivity contribution in [2.45, 2.75) is 57.0 Å². The maximum Gasteiger partial charge on any atom is 0.243 e. The van der Waals surface area contributed by atoms with Crippen LogP contribution in [-0.2, 0) is 14.8 Å². The molecule has 1 aromatic rings. The molecular formula is C18H26N2O4S. The van der Waals surface area contributed by atoms with Gasteiger partial charge < -0.3 is 9.64 Å². The third kappa shape index (κ3) is 3.67. The minimum absolute atomic E-state index is 0.123. The third-order valence-electron chi connectivity index (χ3n) is 4.73. The van der Waals surface area contributed by atoms with Gasteiger partial charge in [-0.25, -0.2) is 8.42 Å². The van der Waals surface area contributed by atoms with Crippen molar-refractivity contribution in [2.75, 3.05) is 24.5 Å². The second kappa shape index (κ2) is 6.61. The number of nitrogens with zero attached hydrogens (tertiary/aromatic N) is 2. The van der Waals surface area contributed by atoms with E-state index in [1.165, 1.54) is 6.92 Å². The first-order chi connectivity index (χ1) is 11.7. The summed E-state index contributed by atoms with van der Waals surface area (Å²) in [7, 11) is -3.56. The molecule has 1 aromatic carbocycles. The fourth-order valence-electron chi connectivity index (χ4n) is 3.46. The molecule has 7 heteroatoms. The Morgan fingerprint density at radius 2 is 1.76 bits per heavy atom. The molecule has 0 aromatic heterocycles. The molecule has 2 heterocycles. The molecule has 138 valence electrons. The van der Waals surface area contributed by atoms with Gasteiger partial charge in [-0.1, -0.05) is 12.8 Å². The van der Waals surface area contributed by atoms with Crippen LogP contribution < -0.4 is 9.64 Å². The SMILES string of the molecule is CC(=O)N1CC(C)(C)Oc2ccc(S(=O)(=O)N3CCCCCC3)cc21. The summed E-state index contributed by atoms with van der Waals surface area (Å²) in [5, 5.41) is 0. The smallest absolute Gasteiger partial charge is 0.243 e. The summed E-state index contributed by atoms with van der Waals surface area (Å²) in [4.78, 5) is 13.9. The van der Waals surface area contributed by atoms with Crippen molar-refractivity contribution in [3.05, 3.63) is 18.2 Å². The molecule has 3 rings (SSSR count). The van der Waals surface area contributed by atoms with Crippen molar-refractivity contribution in [3.8, 4) is 5.75 Å². The number of benzene rings is 1. The van der Waals surface area contributed by atoms with Crippen molar-refractivity contribution in [1.82, 2.24) is 4.31 Å². The van der Waals surface area contributed by atoms with Crippen molar-refractivity contribution >= 4 is 21.6 Å². The zero-order valence-electron chi connectivity index (χ0n) is 15.1. The molecule has 2 aliphatic rings. The van der Waals surface area contributed by atoms with Crippen LogP contribution in [0.1, 0.15) is 46.5 Å². The normalized spacial score (nSPS) is 21.2. The molecule has 25 heavy (non-hydrogen) atoms. The first kappa shape index (κ1) is 18.2. The minimum atomic E-state index is -3.56. The van der Waals surface area contributed by atoms with Crippen LogP contribution in [0.4, 0.5) is 5.69 Å². The summed E-state index contributed by atoms with van der Waals surface area (Å²) in [5.41, 5.74) is 0.0202. The number of sulfonamides is 1. The zero-order valence-corrected chi connectivity index (χ0v) is 15.9. The Labute approximate surface area is 149 Å². The molecule has 6 nitrogen and oxygen atoms in total. The maximum absolute atomic E-state index is 13.0. The highest BCUT2D eigenvalue weighted by Crippen LogP contribution is 2.39. The molecule has 0 N–H and O–H groups in total. The van der Waals surface area contributed by atoms with Crippen molar-refractivity contribution in [2.24, 2.45) is 0 Å². The lowest BCUT2D eigenvalue weighted by molar-refractivity contribution is -0.117. The van der Waals surface area contributed by atoms with Crippen LogP contribution in [0.5, 0.6) is 5.75 Å². The van der Waals surface area contributed by atoms with Crippen molar-refractivity contribution in [1.29, 1.82) is 0 Å². The summed E-state index contributed by atoms with van der Waals surface area (Å²) in [6.07, 6.45) is 3.91. The molecule has 0 aliphatic carbocycles. The number of anilines is 1. The van der Waals surface area contributed by atoms with E-state index >= 15 is 0 Å². The van der Waals surface area contributed by atoms with Crippen LogP contribution in [0.25, 0.3) is 0 Å². The molecular weight excluding hydrogens is 340 g/mol. The Bertz CT molecular complexity index is 765. The van der Waals surface area contributed by atoms with Crippen LogP contribution in [-0.4, -0.2) is 43.9 Å². The molecule has 2 aliphatic heterocycles. The largest absolute Gasteiger partial charge is 0.484 e. The number of amides is 1. The Morgan fingerprint density at radius 1 is 1.12 bits per heavy atom. The topological polar surface area (TPSA) is 66.9 Å². The molecule has 1 saturated heterocycles. The standard InChI is InChI=1S/C18H26N2O4S/c1-14(21)20-13-18(2,3)24-17-9-8-15(12-16(17)20)25(22,23)19-10-6-4-5-7-11-19/h8-9,12H,4-7,10-11,13H2,1-3H3. The monoisotopic (exact) mass is 366 g/mol. The number of carbonyl (C=O) groups is 1. The van der Waals surface area contributed by atoms with E-state index in [1.807, 2.05) is 13.8 Å². The second-order valence-electron chi connectivity index (χ2n) is 7.41. The van der Waals surface area contributed by atoms with E-state index in [0.29, 0.717) is 31.1 Å². The highest BCUT2D eigenvalue weighted by molar-refractivity contribution is 7.89. The van der Waals surface area contributed by atoms with Gasteiger partial charge in [0.2, 0.25) is 15.9 Å². The molecule has 0 atom stereocenters. The van der Waals surface area contributed by atoms with Crippen LogP contribution >= 0.6 is 0 Å². The van der Waals surface area contributed by atoms with Gasteiger partial charge in [0.15, 0.2) is 0 Å². The third-order valence-corrected chi connectivity index (χ3v) is 6.62. The highest BCUT2D eigenvalue weighted by Gasteiger charge is 2.35. The Kier molecular flexibility index (Phi) is 4.81. The van der Waals surface area contributed by atoms with E-state index in [9.17, 15) is 13.2 Å². The fourth-order valence-corrected chi connectivity index (χ4v) is 5.00. The van der Waals surface area contributed by atoms with E-state index in [1.54, 1.807) is 27.4 Å². The van der Waals surface area contributed by atoms with E-state index in [0.717, 1.165) is 25.7 Å². The molecule has 0 bridgehead atoms. The number of rotatable bonds is 2. The van der Waals surface area contributed by atoms with E-state index in [4.69, 9.17) is 4.74 Å². The first-order valence-corrected chi connectivity index (χ1v) is 10.3. The van der Waals surface area contributed by atoms with Gasteiger partial charge in [-0.2, -0.15) is 4.31 Å². The lowest BCUT2D eigenvalue weighted by atomic mass is 10.1. The highest BCUT2D eigenvalue weighted by atomic mass is 32.2. The number of carbonyl (C=O) groups excluding carboxylic acids is 1. The lowest BCUT2D eigenvalue weighted by Crippen LogP contribution is -2.48. The average Bonchev–Trinajstić information content (AvgIpc) is 2.82. The number of hydrogen-bond donors (Lipinski definition) is 0. The zero-order chi connectivity index (χ0) is 18.2. The van der Waals surface area contributed by atoms with E-state index in [-0.39, 0.29) is 10.8 Å². The minimum Gasteiger partial charge on any atom is -0.484 e. The van der Waals surface area contributed by atoms with Gasteiger partial charge in [-0.15, -0.1) is 0 Å². The predicted molar refractivity (Wildman–Crippen MR) is 96.4 cm³/mol. The summed E-state index contributed by atoms with van der Waals surface area (Å²) in [6.45, 7) is 6.81. The van der Waals surface area contributed by atoms with Crippen molar-refractivity contribution in [3.63, 3.8) is 0 Å². The summed E-state index contributed by atoms with van der Waals surface area (Å²) in [6, 6.07) is 4.82. The summed E-state index contributed by atoms with van der Waals surface area (Å²) >= 11 is 0.